The first-order chi connectivity index (χ1) is 13.3. The highest BCUT2D eigenvalue weighted by molar-refractivity contribution is 5.79. The Hall–Kier alpha value is -2.34. The second-order valence-electron chi connectivity index (χ2n) is 7.39. The van der Waals surface area contributed by atoms with Gasteiger partial charge < -0.3 is 5.32 Å². The van der Waals surface area contributed by atoms with Gasteiger partial charge in [-0.1, -0.05) is 42.5 Å². The van der Waals surface area contributed by atoms with Crippen LogP contribution in [0.4, 0.5) is 13.2 Å². The Kier molecular flexibility index (Phi) is 6.39. The molecule has 1 saturated heterocycles. The zero-order valence-electron chi connectivity index (χ0n) is 15.9. The van der Waals surface area contributed by atoms with Crippen molar-refractivity contribution in [3.63, 3.8) is 0 Å². The number of carbonyl (C=O) groups is 1. The van der Waals surface area contributed by atoms with Crippen LogP contribution in [0.5, 0.6) is 0 Å². The topological polar surface area (TPSA) is 32.3 Å². The lowest BCUT2D eigenvalue weighted by Crippen LogP contribution is -2.40. The second kappa shape index (κ2) is 8.78. The van der Waals surface area contributed by atoms with Crippen LogP contribution in [0.15, 0.2) is 54.6 Å². The predicted molar refractivity (Wildman–Crippen MR) is 102 cm³/mol. The van der Waals surface area contributed by atoms with E-state index in [1.807, 2.05) is 37.3 Å². The van der Waals surface area contributed by atoms with Crippen molar-refractivity contribution in [2.45, 2.75) is 38.5 Å². The molecule has 150 valence electrons. The summed E-state index contributed by atoms with van der Waals surface area (Å²) >= 11 is 0. The molecule has 0 aliphatic carbocycles. The lowest BCUT2D eigenvalue weighted by atomic mass is 9.94. The molecule has 0 aromatic heterocycles. The Labute approximate surface area is 163 Å². The number of nitrogens with one attached hydrogen (secondary N) is 1. The van der Waals surface area contributed by atoms with E-state index < -0.39 is 11.7 Å². The number of benzene rings is 2. The fourth-order valence-electron chi connectivity index (χ4n) is 3.57. The van der Waals surface area contributed by atoms with Crippen LogP contribution in [-0.2, 0) is 17.5 Å². The zero-order chi connectivity index (χ0) is 20.1. The SMILES string of the molecule is C[C@@H](NC(=O)C1CCN(Cc2ccc(C(F)(F)F)cc2)CC1)c1ccccc1. The van der Waals surface area contributed by atoms with Crippen molar-refractivity contribution in [3.8, 4) is 0 Å². The first-order valence-corrected chi connectivity index (χ1v) is 9.57. The summed E-state index contributed by atoms with van der Waals surface area (Å²) in [6.07, 6.45) is -2.79. The van der Waals surface area contributed by atoms with E-state index in [9.17, 15) is 18.0 Å². The Morgan fingerprint density at radius 1 is 1.07 bits per heavy atom. The van der Waals surface area contributed by atoms with E-state index in [1.54, 1.807) is 0 Å². The molecule has 2 aromatic rings. The quantitative estimate of drug-likeness (QED) is 0.796. The molecule has 1 N–H and O–H groups in total. The van der Waals surface area contributed by atoms with Crippen molar-refractivity contribution in [1.82, 2.24) is 10.2 Å². The smallest absolute Gasteiger partial charge is 0.349 e. The largest absolute Gasteiger partial charge is 0.416 e. The number of halogens is 3. The molecule has 0 radical (unpaired) electrons. The molecule has 6 heteroatoms. The molecule has 1 fully saturated rings. The van der Waals surface area contributed by atoms with Crippen molar-refractivity contribution >= 4 is 5.91 Å². The van der Waals surface area contributed by atoms with Gasteiger partial charge in [-0.3, -0.25) is 9.69 Å². The maximum absolute atomic E-state index is 12.6. The second-order valence-corrected chi connectivity index (χ2v) is 7.39. The summed E-state index contributed by atoms with van der Waals surface area (Å²) in [7, 11) is 0. The lowest BCUT2D eigenvalue weighted by Gasteiger charge is -2.32. The minimum absolute atomic E-state index is 0.0185. The number of hydrogen-bond acceptors (Lipinski definition) is 2. The number of hydrogen-bond donors (Lipinski definition) is 1. The minimum Gasteiger partial charge on any atom is -0.349 e. The van der Waals surface area contributed by atoms with E-state index in [0.717, 1.165) is 49.2 Å². The molecule has 0 saturated carbocycles. The molecular weight excluding hydrogens is 365 g/mol. The van der Waals surface area contributed by atoms with Gasteiger partial charge >= 0.3 is 6.18 Å². The van der Waals surface area contributed by atoms with Crippen LogP contribution >= 0.6 is 0 Å². The molecule has 28 heavy (non-hydrogen) atoms. The molecule has 1 aliphatic heterocycles. The van der Waals surface area contributed by atoms with Crippen LogP contribution < -0.4 is 5.32 Å². The third kappa shape index (κ3) is 5.35. The van der Waals surface area contributed by atoms with Gasteiger partial charge in [-0.15, -0.1) is 0 Å². The molecule has 1 heterocycles. The van der Waals surface area contributed by atoms with Crippen molar-refractivity contribution in [2.75, 3.05) is 13.1 Å². The van der Waals surface area contributed by atoms with E-state index >= 15 is 0 Å². The lowest BCUT2D eigenvalue weighted by molar-refractivity contribution is -0.137. The molecular formula is C22H25F3N2O. The number of rotatable bonds is 5. The van der Waals surface area contributed by atoms with Crippen molar-refractivity contribution in [3.05, 3.63) is 71.3 Å². The van der Waals surface area contributed by atoms with Crippen LogP contribution in [0, 0.1) is 5.92 Å². The molecule has 0 unspecified atom stereocenters. The molecule has 0 bridgehead atoms. The summed E-state index contributed by atoms with van der Waals surface area (Å²) < 4.78 is 37.9. The van der Waals surface area contributed by atoms with Gasteiger partial charge in [0, 0.05) is 12.5 Å². The molecule has 2 aromatic carbocycles. The Morgan fingerprint density at radius 2 is 1.68 bits per heavy atom. The van der Waals surface area contributed by atoms with Crippen LogP contribution in [0.2, 0.25) is 0 Å². The van der Waals surface area contributed by atoms with Gasteiger partial charge in [-0.2, -0.15) is 13.2 Å². The number of alkyl halides is 3. The average molecular weight is 390 g/mol. The molecule has 1 amide bonds. The Morgan fingerprint density at radius 3 is 2.25 bits per heavy atom. The predicted octanol–water partition coefficient (Wildman–Crippen LogP) is 4.79. The maximum atomic E-state index is 12.6. The van der Waals surface area contributed by atoms with Crippen LogP contribution in [0.1, 0.15) is 42.5 Å². The van der Waals surface area contributed by atoms with Gasteiger partial charge in [-0.25, -0.2) is 0 Å². The van der Waals surface area contributed by atoms with Crippen LogP contribution in [0.25, 0.3) is 0 Å². The van der Waals surface area contributed by atoms with Crippen molar-refractivity contribution in [1.29, 1.82) is 0 Å². The van der Waals surface area contributed by atoms with Crippen LogP contribution in [-0.4, -0.2) is 23.9 Å². The maximum Gasteiger partial charge on any atom is 0.416 e. The minimum atomic E-state index is -4.30. The van der Waals surface area contributed by atoms with Gasteiger partial charge in [0.25, 0.3) is 0 Å². The Balaban J connectivity index is 1.47. The summed E-state index contributed by atoms with van der Waals surface area (Å²) in [4.78, 5) is 14.7. The van der Waals surface area contributed by atoms with E-state index in [2.05, 4.69) is 10.2 Å². The number of amides is 1. The number of nitrogens with zero attached hydrogens (tertiary/aromatic N) is 1. The third-order valence-electron chi connectivity index (χ3n) is 5.30. The van der Waals surface area contributed by atoms with E-state index in [4.69, 9.17) is 0 Å². The van der Waals surface area contributed by atoms with Gasteiger partial charge in [-0.05, 0) is 56.1 Å². The molecule has 0 spiro atoms. The number of likely N-dealkylation sites (tertiary alicyclic amines) is 1. The van der Waals surface area contributed by atoms with Crippen molar-refractivity contribution in [2.24, 2.45) is 5.92 Å². The van der Waals surface area contributed by atoms with E-state index in [1.165, 1.54) is 12.1 Å². The summed E-state index contributed by atoms with van der Waals surface area (Å²) in [6.45, 7) is 4.11. The fraction of sp³-hybridized carbons (Fsp3) is 0.409. The summed E-state index contributed by atoms with van der Waals surface area (Å²) in [6, 6.07) is 15.1. The number of piperidine rings is 1. The highest BCUT2D eigenvalue weighted by atomic mass is 19.4. The summed E-state index contributed by atoms with van der Waals surface area (Å²) in [5.74, 6) is 0.0561. The fourth-order valence-corrected chi connectivity index (χ4v) is 3.57. The standard InChI is InChI=1S/C22H25F3N2O/c1-16(18-5-3-2-4-6-18)26-21(28)19-11-13-27(14-12-19)15-17-7-9-20(10-8-17)22(23,24)25/h2-10,16,19H,11-15H2,1H3,(H,26,28)/t16-/m1/s1. The first-order valence-electron chi connectivity index (χ1n) is 9.57. The molecule has 3 nitrogen and oxygen atoms in total. The van der Waals surface area contributed by atoms with Gasteiger partial charge in [0.15, 0.2) is 0 Å². The van der Waals surface area contributed by atoms with Gasteiger partial charge in [0.1, 0.15) is 0 Å². The van der Waals surface area contributed by atoms with Crippen LogP contribution in [0.3, 0.4) is 0 Å². The average Bonchev–Trinajstić information content (AvgIpc) is 2.69. The summed E-state index contributed by atoms with van der Waals surface area (Å²) in [5, 5.41) is 3.09. The summed E-state index contributed by atoms with van der Waals surface area (Å²) in [5.41, 5.74) is 1.31. The monoisotopic (exact) mass is 390 g/mol. The highest BCUT2D eigenvalue weighted by Crippen LogP contribution is 2.29. The van der Waals surface area contributed by atoms with Crippen molar-refractivity contribution < 1.29 is 18.0 Å². The highest BCUT2D eigenvalue weighted by Gasteiger charge is 2.30. The Bertz CT molecular complexity index is 767. The molecule has 1 atom stereocenters. The third-order valence-corrected chi connectivity index (χ3v) is 5.30. The van der Waals surface area contributed by atoms with E-state index in [-0.39, 0.29) is 17.9 Å². The number of carbonyl (C=O) groups excluding carboxylic acids is 1. The molecule has 3 rings (SSSR count). The molecule has 1 aliphatic rings. The normalized spacial score (nSPS) is 17.3. The van der Waals surface area contributed by atoms with E-state index in [0.29, 0.717) is 6.54 Å². The van der Waals surface area contributed by atoms with Gasteiger partial charge in [0.05, 0.1) is 11.6 Å². The zero-order valence-corrected chi connectivity index (χ0v) is 15.9. The van der Waals surface area contributed by atoms with Gasteiger partial charge in [0.2, 0.25) is 5.91 Å². The first kappa shape index (κ1) is 20.4.